The van der Waals surface area contributed by atoms with Gasteiger partial charge in [-0.05, 0) is 56.7 Å². The molecule has 4 aromatic rings. The Balaban J connectivity index is 1.71. The van der Waals surface area contributed by atoms with Gasteiger partial charge in [-0.25, -0.2) is 4.98 Å². The highest BCUT2D eigenvalue weighted by Gasteiger charge is 2.18. The van der Waals surface area contributed by atoms with Crippen LogP contribution in [0.25, 0.3) is 11.0 Å². The Morgan fingerprint density at radius 1 is 0.939 bits per heavy atom. The van der Waals surface area contributed by atoms with Crippen molar-refractivity contribution >= 4 is 34.2 Å². The van der Waals surface area contributed by atoms with Gasteiger partial charge in [0.25, 0.3) is 5.91 Å². The summed E-state index contributed by atoms with van der Waals surface area (Å²) in [5, 5.41) is 5.92. The number of rotatable bonds is 5. The molecular formula is C26H24N4O3. The summed E-state index contributed by atoms with van der Waals surface area (Å²) in [5.74, 6) is -0.832. The molecule has 0 aliphatic rings. The molecule has 2 aromatic carbocycles. The van der Waals surface area contributed by atoms with Crippen molar-refractivity contribution in [2.75, 3.05) is 10.6 Å². The lowest BCUT2D eigenvalue weighted by molar-refractivity contribution is -0.116. The number of nitrogens with zero attached hydrogens (tertiary/aromatic N) is 2. The SMILES string of the molecule is Cc1ccc(NC(=O)Cn2cc(C(=O)Nc3ccccc3)c(=O)c3ccc(C)nc32)c(C)c1. The van der Waals surface area contributed by atoms with E-state index in [-0.39, 0.29) is 23.4 Å². The molecule has 0 unspecified atom stereocenters. The molecule has 2 N–H and O–H groups in total. The molecule has 0 aliphatic carbocycles. The van der Waals surface area contributed by atoms with Crippen LogP contribution in [0, 0.1) is 20.8 Å². The number of pyridine rings is 2. The molecule has 0 radical (unpaired) electrons. The molecule has 2 aromatic heterocycles. The van der Waals surface area contributed by atoms with E-state index in [0.29, 0.717) is 22.7 Å². The summed E-state index contributed by atoms with van der Waals surface area (Å²) in [6.07, 6.45) is 1.40. The molecule has 0 atom stereocenters. The third kappa shape index (κ3) is 4.82. The van der Waals surface area contributed by atoms with Gasteiger partial charge < -0.3 is 15.2 Å². The Morgan fingerprint density at radius 2 is 1.70 bits per heavy atom. The summed E-state index contributed by atoms with van der Waals surface area (Å²) < 4.78 is 1.54. The molecule has 33 heavy (non-hydrogen) atoms. The number of para-hydroxylation sites is 1. The number of benzene rings is 2. The van der Waals surface area contributed by atoms with Gasteiger partial charge in [-0.1, -0.05) is 35.9 Å². The normalized spacial score (nSPS) is 10.8. The molecule has 0 saturated carbocycles. The van der Waals surface area contributed by atoms with Crippen molar-refractivity contribution in [3.63, 3.8) is 0 Å². The summed E-state index contributed by atoms with van der Waals surface area (Å²) in [6.45, 7) is 5.61. The van der Waals surface area contributed by atoms with Crippen LogP contribution in [0.4, 0.5) is 11.4 Å². The molecule has 0 spiro atoms. The largest absolute Gasteiger partial charge is 0.324 e. The maximum absolute atomic E-state index is 13.1. The monoisotopic (exact) mass is 440 g/mol. The second kappa shape index (κ2) is 9.08. The predicted octanol–water partition coefficient (Wildman–Crippen LogP) is 4.21. The summed E-state index contributed by atoms with van der Waals surface area (Å²) in [6, 6.07) is 18.0. The number of aromatic nitrogens is 2. The lowest BCUT2D eigenvalue weighted by Crippen LogP contribution is -2.27. The van der Waals surface area contributed by atoms with Crippen molar-refractivity contribution in [1.29, 1.82) is 0 Å². The number of fused-ring (bicyclic) bond motifs is 1. The number of nitrogens with one attached hydrogen (secondary N) is 2. The van der Waals surface area contributed by atoms with E-state index in [1.807, 2.05) is 38.1 Å². The minimum Gasteiger partial charge on any atom is -0.324 e. The molecule has 2 amide bonds. The van der Waals surface area contributed by atoms with Crippen LogP contribution < -0.4 is 16.1 Å². The molecule has 0 fully saturated rings. The van der Waals surface area contributed by atoms with Gasteiger partial charge in [-0.2, -0.15) is 0 Å². The number of hydrogen-bond donors (Lipinski definition) is 2. The first-order valence-electron chi connectivity index (χ1n) is 10.6. The molecule has 2 heterocycles. The van der Waals surface area contributed by atoms with Crippen molar-refractivity contribution in [1.82, 2.24) is 9.55 Å². The quantitative estimate of drug-likeness (QED) is 0.486. The number of carbonyl (C=O) groups is 2. The number of hydrogen-bond acceptors (Lipinski definition) is 4. The van der Waals surface area contributed by atoms with Crippen LogP contribution >= 0.6 is 0 Å². The van der Waals surface area contributed by atoms with Gasteiger partial charge >= 0.3 is 0 Å². The average Bonchev–Trinajstić information content (AvgIpc) is 2.78. The fourth-order valence-corrected chi connectivity index (χ4v) is 3.66. The van der Waals surface area contributed by atoms with Crippen LogP contribution in [-0.4, -0.2) is 21.4 Å². The lowest BCUT2D eigenvalue weighted by atomic mass is 10.1. The van der Waals surface area contributed by atoms with Crippen LogP contribution in [0.1, 0.15) is 27.2 Å². The summed E-state index contributed by atoms with van der Waals surface area (Å²) in [5.41, 5.74) is 3.90. The highest BCUT2D eigenvalue weighted by atomic mass is 16.2. The van der Waals surface area contributed by atoms with Crippen LogP contribution in [0.15, 0.2) is 71.7 Å². The van der Waals surface area contributed by atoms with Gasteiger partial charge in [-0.3, -0.25) is 14.4 Å². The maximum atomic E-state index is 13.1. The van der Waals surface area contributed by atoms with Gasteiger partial charge in [0.2, 0.25) is 11.3 Å². The first-order valence-corrected chi connectivity index (χ1v) is 10.6. The van der Waals surface area contributed by atoms with E-state index in [0.717, 1.165) is 11.1 Å². The number of carbonyl (C=O) groups excluding carboxylic acids is 2. The number of amides is 2. The van der Waals surface area contributed by atoms with E-state index in [2.05, 4.69) is 15.6 Å². The Kier molecular flexibility index (Phi) is 6.04. The van der Waals surface area contributed by atoms with Crippen molar-refractivity contribution in [2.45, 2.75) is 27.3 Å². The third-order valence-electron chi connectivity index (χ3n) is 5.31. The zero-order valence-electron chi connectivity index (χ0n) is 18.7. The second-order valence-electron chi connectivity index (χ2n) is 8.01. The first-order chi connectivity index (χ1) is 15.8. The second-order valence-corrected chi connectivity index (χ2v) is 8.01. The third-order valence-corrected chi connectivity index (χ3v) is 5.31. The molecule has 7 heteroatoms. The molecule has 0 aliphatic heterocycles. The Labute approximate surface area is 191 Å². The molecule has 0 saturated heterocycles. The molecule has 166 valence electrons. The highest BCUT2D eigenvalue weighted by molar-refractivity contribution is 6.05. The van der Waals surface area contributed by atoms with E-state index < -0.39 is 11.3 Å². The van der Waals surface area contributed by atoms with Crippen LogP contribution in [0.3, 0.4) is 0 Å². The zero-order valence-corrected chi connectivity index (χ0v) is 18.7. The average molecular weight is 441 g/mol. The molecular weight excluding hydrogens is 416 g/mol. The van der Waals surface area contributed by atoms with E-state index in [1.54, 1.807) is 47.9 Å². The minimum atomic E-state index is -0.544. The van der Waals surface area contributed by atoms with Crippen LogP contribution in [-0.2, 0) is 11.3 Å². The van der Waals surface area contributed by atoms with Gasteiger partial charge in [0.15, 0.2) is 0 Å². The van der Waals surface area contributed by atoms with E-state index in [4.69, 9.17) is 0 Å². The van der Waals surface area contributed by atoms with Crippen LogP contribution in [0.2, 0.25) is 0 Å². The fourth-order valence-electron chi connectivity index (χ4n) is 3.66. The summed E-state index contributed by atoms with van der Waals surface area (Å²) >= 11 is 0. The van der Waals surface area contributed by atoms with Crippen molar-refractivity contribution in [3.8, 4) is 0 Å². The molecule has 0 bridgehead atoms. The smallest absolute Gasteiger partial charge is 0.261 e. The molecule has 4 rings (SSSR count). The first kappa shape index (κ1) is 22.0. The zero-order chi connectivity index (χ0) is 23.5. The van der Waals surface area contributed by atoms with Gasteiger partial charge in [-0.15, -0.1) is 0 Å². The van der Waals surface area contributed by atoms with Crippen LogP contribution in [0.5, 0.6) is 0 Å². The van der Waals surface area contributed by atoms with Crippen molar-refractivity contribution in [3.05, 3.63) is 99.5 Å². The van der Waals surface area contributed by atoms with Gasteiger partial charge in [0.05, 0.1) is 5.39 Å². The predicted molar refractivity (Wildman–Crippen MR) is 130 cm³/mol. The topological polar surface area (TPSA) is 93.1 Å². The molecule has 7 nitrogen and oxygen atoms in total. The Bertz CT molecular complexity index is 1430. The summed E-state index contributed by atoms with van der Waals surface area (Å²) in [4.78, 5) is 43.3. The Hall–Kier alpha value is -4.26. The standard InChI is InChI=1S/C26H24N4O3/c1-16-9-12-22(17(2)13-16)29-23(31)15-30-14-21(26(33)28-19-7-5-4-6-8-19)24(32)20-11-10-18(3)27-25(20)30/h4-14H,15H2,1-3H3,(H,28,33)(H,29,31). The fraction of sp³-hybridized carbons (Fsp3) is 0.154. The van der Waals surface area contributed by atoms with Crippen molar-refractivity contribution < 1.29 is 9.59 Å². The van der Waals surface area contributed by atoms with E-state index >= 15 is 0 Å². The van der Waals surface area contributed by atoms with Crippen molar-refractivity contribution in [2.24, 2.45) is 0 Å². The highest BCUT2D eigenvalue weighted by Crippen LogP contribution is 2.17. The minimum absolute atomic E-state index is 0.0590. The lowest BCUT2D eigenvalue weighted by Gasteiger charge is -2.14. The Morgan fingerprint density at radius 3 is 2.42 bits per heavy atom. The van der Waals surface area contributed by atoms with E-state index in [1.165, 1.54) is 6.20 Å². The number of aryl methyl sites for hydroxylation is 3. The summed E-state index contributed by atoms with van der Waals surface area (Å²) in [7, 11) is 0. The maximum Gasteiger partial charge on any atom is 0.261 e. The van der Waals surface area contributed by atoms with E-state index in [9.17, 15) is 14.4 Å². The number of anilines is 2. The van der Waals surface area contributed by atoms with Gasteiger partial charge in [0.1, 0.15) is 17.8 Å². The van der Waals surface area contributed by atoms with Gasteiger partial charge in [0, 0.05) is 23.3 Å².